The fourth-order valence-corrected chi connectivity index (χ4v) is 1.62. The predicted molar refractivity (Wildman–Crippen MR) is 63.3 cm³/mol. The van der Waals surface area contributed by atoms with E-state index in [0.29, 0.717) is 18.9 Å². The molecule has 0 amide bonds. The van der Waals surface area contributed by atoms with Crippen molar-refractivity contribution in [2.75, 3.05) is 11.9 Å². The van der Waals surface area contributed by atoms with Crippen LogP contribution in [-0.2, 0) is 4.79 Å². The quantitative estimate of drug-likeness (QED) is 0.502. The van der Waals surface area contributed by atoms with Crippen molar-refractivity contribution in [3.05, 3.63) is 29.8 Å². The van der Waals surface area contributed by atoms with Gasteiger partial charge in [0.2, 0.25) is 0 Å². The molecule has 0 fully saturated rings. The number of para-hydroxylation sites is 1. The molecule has 0 heterocycles. The summed E-state index contributed by atoms with van der Waals surface area (Å²) in [6, 6.07) is 8.11. The van der Waals surface area contributed by atoms with Gasteiger partial charge in [-0.1, -0.05) is 32.0 Å². The van der Waals surface area contributed by atoms with Crippen LogP contribution < -0.4 is 40.0 Å². The van der Waals surface area contributed by atoms with Gasteiger partial charge in [0, 0.05) is 18.2 Å². The number of carboxylic acids is 1. The number of hydrogen-bond acceptors (Lipinski definition) is 3. The molecule has 1 aromatic carbocycles. The predicted octanol–water partition coefficient (Wildman–Crippen LogP) is -1.24. The molecule has 0 aliphatic carbocycles. The molecular formula is C13H18NNaO2. The SMILES string of the molecule is CC(C)c1ccccc1NCCCC(=O)[O-].[Na+]. The van der Waals surface area contributed by atoms with Gasteiger partial charge in [-0.15, -0.1) is 0 Å². The largest absolute Gasteiger partial charge is 1.00 e. The van der Waals surface area contributed by atoms with Gasteiger partial charge >= 0.3 is 29.6 Å². The molecule has 0 saturated carbocycles. The molecular weight excluding hydrogens is 225 g/mol. The van der Waals surface area contributed by atoms with E-state index in [1.54, 1.807) is 0 Å². The van der Waals surface area contributed by atoms with Crippen LogP contribution in [0.1, 0.15) is 38.2 Å². The maximum absolute atomic E-state index is 10.2. The first-order chi connectivity index (χ1) is 7.61. The Balaban J connectivity index is 0.00000256. The Kier molecular flexibility index (Phi) is 8.30. The second-order valence-corrected chi connectivity index (χ2v) is 4.14. The van der Waals surface area contributed by atoms with Crippen LogP contribution in [0, 0.1) is 0 Å². The number of hydrogen-bond donors (Lipinski definition) is 1. The first kappa shape index (κ1) is 16.5. The third kappa shape index (κ3) is 6.10. The number of carboxylic acid groups (broad SMARTS) is 1. The number of carbonyl (C=O) groups excluding carboxylic acids is 1. The molecule has 4 heteroatoms. The van der Waals surface area contributed by atoms with Crippen LogP contribution in [0.3, 0.4) is 0 Å². The van der Waals surface area contributed by atoms with Crippen molar-refractivity contribution >= 4 is 11.7 Å². The van der Waals surface area contributed by atoms with Crippen LogP contribution in [-0.4, -0.2) is 12.5 Å². The minimum atomic E-state index is -0.987. The normalized spacial score (nSPS) is 9.82. The van der Waals surface area contributed by atoms with Gasteiger partial charge in [-0.2, -0.15) is 0 Å². The molecule has 0 aliphatic heterocycles. The van der Waals surface area contributed by atoms with E-state index in [0.717, 1.165) is 5.69 Å². The first-order valence-electron chi connectivity index (χ1n) is 5.64. The Hall–Kier alpha value is -0.510. The second kappa shape index (κ2) is 8.56. The third-order valence-corrected chi connectivity index (χ3v) is 2.46. The summed E-state index contributed by atoms with van der Waals surface area (Å²) in [4.78, 5) is 10.2. The summed E-state index contributed by atoms with van der Waals surface area (Å²) >= 11 is 0. The Labute approximate surface area is 125 Å². The summed E-state index contributed by atoms with van der Waals surface area (Å²) in [5, 5.41) is 13.5. The van der Waals surface area contributed by atoms with Crippen LogP contribution in [0.15, 0.2) is 24.3 Å². The van der Waals surface area contributed by atoms with Gasteiger partial charge in [-0.25, -0.2) is 0 Å². The zero-order valence-electron chi connectivity index (χ0n) is 10.8. The third-order valence-electron chi connectivity index (χ3n) is 2.46. The summed E-state index contributed by atoms with van der Waals surface area (Å²) < 4.78 is 0. The molecule has 0 spiro atoms. The van der Waals surface area contributed by atoms with E-state index in [1.807, 2.05) is 18.2 Å². The molecule has 0 saturated heterocycles. The van der Waals surface area contributed by atoms with Gasteiger partial charge in [-0.3, -0.25) is 0 Å². The molecule has 0 radical (unpaired) electrons. The molecule has 0 atom stereocenters. The van der Waals surface area contributed by atoms with E-state index in [9.17, 15) is 9.90 Å². The Morgan fingerprint density at radius 3 is 2.59 bits per heavy atom. The van der Waals surface area contributed by atoms with Crippen LogP contribution >= 0.6 is 0 Å². The molecule has 1 aromatic rings. The van der Waals surface area contributed by atoms with Crippen molar-refractivity contribution in [1.82, 2.24) is 0 Å². The molecule has 1 rings (SSSR count). The van der Waals surface area contributed by atoms with E-state index in [1.165, 1.54) is 5.56 Å². The molecule has 17 heavy (non-hydrogen) atoms. The van der Waals surface area contributed by atoms with Crippen LogP contribution in [0.5, 0.6) is 0 Å². The number of aliphatic carboxylic acids is 1. The van der Waals surface area contributed by atoms with Crippen molar-refractivity contribution in [1.29, 1.82) is 0 Å². The number of anilines is 1. The van der Waals surface area contributed by atoms with Gasteiger partial charge in [0.15, 0.2) is 0 Å². The summed E-state index contributed by atoms with van der Waals surface area (Å²) in [5.74, 6) is -0.524. The van der Waals surface area contributed by atoms with Gasteiger partial charge in [-0.05, 0) is 30.4 Å². The minimum absolute atomic E-state index is 0. The maximum Gasteiger partial charge on any atom is 1.00 e. The molecule has 0 aromatic heterocycles. The summed E-state index contributed by atoms with van der Waals surface area (Å²) in [7, 11) is 0. The van der Waals surface area contributed by atoms with Crippen molar-refractivity contribution in [2.24, 2.45) is 0 Å². The molecule has 1 N–H and O–H groups in total. The number of rotatable bonds is 6. The summed E-state index contributed by atoms with van der Waals surface area (Å²) in [6.07, 6.45) is 0.700. The fourth-order valence-electron chi connectivity index (χ4n) is 1.62. The van der Waals surface area contributed by atoms with Crippen LogP contribution in [0.25, 0.3) is 0 Å². The van der Waals surface area contributed by atoms with Crippen molar-refractivity contribution < 1.29 is 39.5 Å². The summed E-state index contributed by atoms with van der Waals surface area (Å²) in [6.45, 7) is 4.95. The van der Waals surface area contributed by atoms with E-state index in [4.69, 9.17) is 0 Å². The zero-order chi connectivity index (χ0) is 12.0. The van der Waals surface area contributed by atoms with Gasteiger partial charge in [0.25, 0.3) is 0 Å². The van der Waals surface area contributed by atoms with E-state index in [2.05, 4.69) is 25.2 Å². The van der Waals surface area contributed by atoms with E-state index >= 15 is 0 Å². The van der Waals surface area contributed by atoms with Crippen molar-refractivity contribution in [3.63, 3.8) is 0 Å². The smallest absolute Gasteiger partial charge is 0.550 e. The first-order valence-corrected chi connectivity index (χ1v) is 5.64. The Bertz CT molecular complexity index is 353. The molecule has 0 aliphatic rings. The van der Waals surface area contributed by atoms with Crippen molar-refractivity contribution in [3.8, 4) is 0 Å². The molecule has 0 unspecified atom stereocenters. The average molecular weight is 243 g/mol. The van der Waals surface area contributed by atoms with Gasteiger partial charge in [0.1, 0.15) is 0 Å². The van der Waals surface area contributed by atoms with Crippen molar-refractivity contribution in [2.45, 2.75) is 32.6 Å². The Morgan fingerprint density at radius 1 is 1.35 bits per heavy atom. The number of carbonyl (C=O) groups is 1. The Morgan fingerprint density at radius 2 is 2.00 bits per heavy atom. The van der Waals surface area contributed by atoms with E-state index < -0.39 is 5.97 Å². The molecule has 0 bridgehead atoms. The number of nitrogens with one attached hydrogen (secondary N) is 1. The molecule has 88 valence electrons. The standard InChI is InChI=1S/C13H19NO2.Na/c1-10(2)11-6-3-4-7-12(11)14-9-5-8-13(15)16;/h3-4,6-7,10,14H,5,8-9H2,1-2H3,(H,15,16);/q;+1/p-1. The monoisotopic (exact) mass is 243 g/mol. The fraction of sp³-hybridized carbons (Fsp3) is 0.462. The maximum atomic E-state index is 10.2. The topological polar surface area (TPSA) is 52.2 Å². The van der Waals surface area contributed by atoms with Crippen LogP contribution in [0.2, 0.25) is 0 Å². The van der Waals surface area contributed by atoms with Gasteiger partial charge < -0.3 is 15.2 Å². The van der Waals surface area contributed by atoms with Crippen LogP contribution in [0.4, 0.5) is 5.69 Å². The second-order valence-electron chi connectivity index (χ2n) is 4.14. The summed E-state index contributed by atoms with van der Waals surface area (Å²) in [5.41, 5.74) is 2.35. The van der Waals surface area contributed by atoms with Gasteiger partial charge in [0.05, 0.1) is 0 Å². The van der Waals surface area contributed by atoms with E-state index in [-0.39, 0.29) is 36.0 Å². The molecule has 3 nitrogen and oxygen atoms in total. The average Bonchev–Trinajstić information content (AvgIpc) is 2.24. The number of benzene rings is 1. The minimum Gasteiger partial charge on any atom is -0.550 e. The zero-order valence-corrected chi connectivity index (χ0v) is 12.8.